The molecule has 1 saturated carbocycles. The van der Waals surface area contributed by atoms with E-state index in [1.165, 1.54) is 23.0 Å². The number of amides is 2. The van der Waals surface area contributed by atoms with Crippen LogP contribution in [0.15, 0.2) is 96.2 Å². The molecular formula is C38H43N13O5S. The van der Waals surface area contributed by atoms with Crippen LogP contribution in [0.3, 0.4) is 0 Å². The van der Waals surface area contributed by atoms with Crippen LogP contribution in [-0.2, 0) is 16.4 Å². The molecule has 18 nitrogen and oxygen atoms in total. The summed E-state index contributed by atoms with van der Waals surface area (Å²) in [4.78, 5) is 31.0. The van der Waals surface area contributed by atoms with Crippen molar-refractivity contribution in [2.75, 3.05) is 35.2 Å². The third-order valence-corrected chi connectivity index (χ3v) is 11.5. The summed E-state index contributed by atoms with van der Waals surface area (Å²) >= 11 is 0. The van der Waals surface area contributed by atoms with Crippen molar-refractivity contribution >= 4 is 44.7 Å². The first-order valence-corrected chi connectivity index (χ1v) is 20.3. The van der Waals surface area contributed by atoms with Gasteiger partial charge in [-0.1, -0.05) is 73.7 Å². The van der Waals surface area contributed by atoms with E-state index >= 15 is 0 Å². The number of anilines is 3. The third-order valence-electron chi connectivity index (χ3n) is 10.6. The molecule has 3 aromatic heterocycles. The molecule has 19 heteroatoms. The lowest BCUT2D eigenvalue weighted by atomic mass is 9.91. The van der Waals surface area contributed by atoms with Crippen LogP contribution in [0.4, 0.5) is 22.2 Å². The first kappa shape index (κ1) is 37.9. The molecule has 0 radical (unpaired) electrons. The normalized spacial score (nSPS) is 21.0. The van der Waals surface area contributed by atoms with Crippen molar-refractivity contribution in [1.29, 1.82) is 0 Å². The van der Waals surface area contributed by atoms with E-state index in [1.54, 1.807) is 17.0 Å². The number of fused-ring (bicyclic) bond motifs is 1. The number of rotatable bonds is 12. The van der Waals surface area contributed by atoms with Crippen LogP contribution in [0.5, 0.6) is 0 Å². The Kier molecular flexibility index (Phi) is 10.5. The van der Waals surface area contributed by atoms with Crippen LogP contribution in [0.1, 0.15) is 54.7 Å². The number of carbonyl (C=O) groups excluding carboxylic acids is 1. The van der Waals surface area contributed by atoms with Crippen LogP contribution in [0.25, 0.3) is 11.2 Å². The Hall–Kier alpha value is -6.02. The summed E-state index contributed by atoms with van der Waals surface area (Å²) in [6.45, 7) is 3.30. The monoisotopic (exact) mass is 793 g/mol. The number of aliphatic hydroxyl groups excluding tert-OH is 2. The average Bonchev–Trinajstić information content (AvgIpc) is 4.03. The summed E-state index contributed by atoms with van der Waals surface area (Å²) in [6, 6.07) is 24.1. The number of hydrogen-bond donors (Lipinski definition) is 6. The van der Waals surface area contributed by atoms with Crippen LogP contribution >= 0.6 is 0 Å². The van der Waals surface area contributed by atoms with E-state index in [0.717, 1.165) is 11.1 Å². The SMILES string of the molecule is CCc1nnn([C@H]2C[C@@H](n3cnc4c(NCC(c5ccccc5)c5ccccc5)nc(N5CCC(NC(=O)Nc6cccc(S(N)(=O)=O)c6)C5)nc43)[C@H](O)[C@@H]2O)n1. The van der Waals surface area contributed by atoms with Gasteiger partial charge in [0.15, 0.2) is 22.8 Å². The largest absolute Gasteiger partial charge is 0.388 e. The van der Waals surface area contributed by atoms with E-state index in [0.29, 0.717) is 67.7 Å². The molecule has 4 heterocycles. The van der Waals surface area contributed by atoms with E-state index in [1.807, 2.05) is 48.2 Å². The van der Waals surface area contributed by atoms with Crippen molar-refractivity contribution in [3.8, 4) is 0 Å². The summed E-state index contributed by atoms with van der Waals surface area (Å²) in [5.74, 6) is 1.40. The molecule has 8 rings (SSSR count). The van der Waals surface area contributed by atoms with Crippen molar-refractivity contribution in [1.82, 2.24) is 45.0 Å². The van der Waals surface area contributed by atoms with Crippen molar-refractivity contribution in [2.45, 2.75) is 67.3 Å². The lowest BCUT2D eigenvalue weighted by molar-refractivity contribution is 0.00473. The quantitative estimate of drug-likeness (QED) is 0.105. The second-order valence-electron chi connectivity index (χ2n) is 14.3. The van der Waals surface area contributed by atoms with Crippen LogP contribution < -0.4 is 26.0 Å². The van der Waals surface area contributed by atoms with Crippen molar-refractivity contribution in [3.63, 3.8) is 0 Å². The van der Waals surface area contributed by atoms with Crippen molar-refractivity contribution in [2.24, 2.45) is 5.14 Å². The van der Waals surface area contributed by atoms with E-state index in [2.05, 4.69) is 55.6 Å². The van der Waals surface area contributed by atoms with E-state index in [9.17, 15) is 23.4 Å². The molecule has 5 atom stereocenters. The molecule has 0 spiro atoms. The molecule has 2 fully saturated rings. The van der Waals surface area contributed by atoms with Gasteiger partial charge in [-0.25, -0.2) is 23.3 Å². The minimum Gasteiger partial charge on any atom is -0.388 e. The number of imidazole rings is 1. The fourth-order valence-corrected chi connectivity index (χ4v) is 8.16. The van der Waals surface area contributed by atoms with Gasteiger partial charge in [0.25, 0.3) is 0 Å². The zero-order valence-corrected chi connectivity index (χ0v) is 31.8. The minimum atomic E-state index is -3.94. The van der Waals surface area contributed by atoms with Gasteiger partial charge in [-0.2, -0.15) is 14.8 Å². The number of sulfonamides is 1. The number of carbonyl (C=O) groups is 1. The summed E-state index contributed by atoms with van der Waals surface area (Å²) in [7, 11) is -3.94. The van der Waals surface area contributed by atoms with Crippen LogP contribution in [0.2, 0.25) is 0 Å². The molecule has 2 aliphatic rings. The molecule has 7 N–H and O–H groups in total. The maximum absolute atomic E-state index is 13.0. The number of tetrazole rings is 1. The van der Waals surface area contributed by atoms with Crippen LogP contribution in [-0.4, -0.2) is 102 Å². The fraction of sp³-hybridized carbons (Fsp3) is 0.342. The number of primary sulfonamides is 1. The molecule has 2 amide bonds. The number of nitrogens with one attached hydrogen (secondary N) is 3. The standard InChI is InChI=1S/C38H43N13O5S/c1-2-31-46-48-51(47-31)30-19-29(33(52)34(30)53)50-22-41-32-35(40-20-28(23-10-5-3-6-11-23)24-12-7-4-8-13-24)44-37(45-36(32)50)49-17-16-26(21-49)43-38(54)42-25-14-9-15-27(18-25)57(39,55)56/h3-15,18,22,26,28-30,33-34,52-53H,2,16-17,19-21H2,1H3,(H2,39,55,56)(H,40,44,45)(H2,42,43,54)/t26?,29-,30+,33+,34-/m1/s1. The van der Waals surface area contributed by atoms with Gasteiger partial charge in [-0.3, -0.25) is 0 Å². The topological polar surface area (TPSA) is 244 Å². The van der Waals surface area contributed by atoms with Gasteiger partial charge in [0, 0.05) is 43.7 Å². The van der Waals surface area contributed by atoms with Crippen LogP contribution in [0, 0.1) is 0 Å². The average molecular weight is 794 g/mol. The third kappa shape index (κ3) is 7.99. The zero-order chi connectivity index (χ0) is 39.7. The minimum absolute atomic E-state index is 0.0248. The van der Waals surface area contributed by atoms with Gasteiger partial charge >= 0.3 is 6.03 Å². The maximum atomic E-state index is 13.0. The molecule has 1 saturated heterocycles. The van der Waals surface area contributed by atoms with Gasteiger partial charge in [-0.15, -0.1) is 10.2 Å². The van der Waals surface area contributed by atoms with E-state index in [4.69, 9.17) is 20.1 Å². The Bertz CT molecular complexity index is 2430. The number of aliphatic hydroxyl groups is 2. The number of nitrogens with zero attached hydrogens (tertiary/aromatic N) is 9. The smallest absolute Gasteiger partial charge is 0.319 e. The zero-order valence-electron chi connectivity index (χ0n) is 31.0. The predicted molar refractivity (Wildman–Crippen MR) is 211 cm³/mol. The van der Waals surface area contributed by atoms with Crippen molar-refractivity contribution < 1.29 is 23.4 Å². The maximum Gasteiger partial charge on any atom is 0.319 e. The second-order valence-corrected chi connectivity index (χ2v) is 15.8. The Morgan fingerprint density at radius 3 is 2.37 bits per heavy atom. The summed E-state index contributed by atoms with van der Waals surface area (Å²) < 4.78 is 25.4. The summed E-state index contributed by atoms with van der Waals surface area (Å²) in [5.41, 5.74) is 3.48. The number of benzene rings is 3. The van der Waals surface area contributed by atoms with Gasteiger partial charge in [-0.05, 0) is 47.4 Å². The molecule has 296 valence electrons. The second kappa shape index (κ2) is 15.8. The fourth-order valence-electron chi connectivity index (χ4n) is 7.60. The molecule has 3 aromatic carbocycles. The highest BCUT2D eigenvalue weighted by molar-refractivity contribution is 7.89. The van der Waals surface area contributed by atoms with Gasteiger partial charge in [0.05, 0.1) is 17.3 Å². The number of nitrogens with two attached hydrogens (primary N) is 1. The highest BCUT2D eigenvalue weighted by Gasteiger charge is 2.45. The molecule has 1 aliphatic heterocycles. The lowest BCUT2D eigenvalue weighted by Gasteiger charge is -2.22. The molecule has 0 bridgehead atoms. The Morgan fingerprint density at radius 2 is 1.68 bits per heavy atom. The number of aromatic nitrogens is 8. The molecular weight excluding hydrogens is 751 g/mol. The molecule has 6 aromatic rings. The molecule has 57 heavy (non-hydrogen) atoms. The summed E-state index contributed by atoms with van der Waals surface area (Å²) in [6.07, 6.45) is 0.727. The van der Waals surface area contributed by atoms with Gasteiger partial charge in [0.2, 0.25) is 16.0 Å². The van der Waals surface area contributed by atoms with Gasteiger partial charge in [0.1, 0.15) is 18.2 Å². The first-order valence-electron chi connectivity index (χ1n) is 18.7. The Morgan fingerprint density at radius 1 is 0.965 bits per heavy atom. The lowest BCUT2D eigenvalue weighted by Crippen LogP contribution is -2.40. The number of hydrogen-bond acceptors (Lipinski definition) is 13. The summed E-state index contributed by atoms with van der Waals surface area (Å²) in [5, 5.41) is 49.7. The van der Waals surface area contributed by atoms with E-state index in [-0.39, 0.29) is 22.5 Å². The van der Waals surface area contributed by atoms with Gasteiger partial charge < -0.3 is 35.6 Å². The first-order chi connectivity index (χ1) is 27.6. The van der Waals surface area contributed by atoms with Crippen molar-refractivity contribution in [3.05, 3.63) is 108 Å². The predicted octanol–water partition coefficient (Wildman–Crippen LogP) is 2.57. The van der Waals surface area contributed by atoms with E-state index < -0.39 is 40.3 Å². The Labute approximate surface area is 328 Å². The highest BCUT2D eigenvalue weighted by Crippen LogP contribution is 2.40. The highest BCUT2D eigenvalue weighted by atomic mass is 32.2. The molecule has 1 unspecified atom stereocenters. The number of urea groups is 1. The number of aryl methyl sites for hydroxylation is 1. The molecule has 1 aliphatic carbocycles. The Balaban J connectivity index is 1.08.